The zero-order chi connectivity index (χ0) is 8.97. The van der Waals surface area contributed by atoms with Gasteiger partial charge in [-0.05, 0) is 11.6 Å². The molecule has 1 rings (SSSR count). The van der Waals surface area contributed by atoms with Crippen molar-refractivity contribution in [1.82, 2.24) is 4.98 Å². The van der Waals surface area contributed by atoms with Gasteiger partial charge in [-0.2, -0.15) is 0 Å². The number of hydrogen-bond acceptors (Lipinski definition) is 4. The van der Waals surface area contributed by atoms with Gasteiger partial charge < -0.3 is 16.6 Å². The third-order valence-electron chi connectivity index (χ3n) is 1.67. The topological polar surface area (TPSA) is 85.2 Å². The van der Waals surface area contributed by atoms with Crippen LogP contribution in [0, 0.1) is 0 Å². The highest BCUT2D eigenvalue weighted by molar-refractivity contribution is 5.44. The van der Waals surface area contributed by atoms with E-state index in [1.165, 1.54) is 0 Å². The van der Waals surface area contributed by atoms with Gasteiger partial charge >= 0.3 is 0 Å². The molecule has 4 nitrogen and oxygen atoms in total. The molecule has 0 amide bonds. The Bertz CT molecular complexity index is 252. The lowest BCUT2D eigenvalue weighted by Gasteiger charge is -2.08. The van der Waals surface area contributed by atoms with Crippen LogP contribution in [0.25, 0.3) is 0 Å². The van der Waals surface area contributed by atoms with Gasteiger partial charge in [0.05, 0.1) is 6.10 Å². The molecule has 0 saturated carbocycles. The Kier molecular flexibility index (Phi) is 3.01. The summed E-state index contributed by atoms with van der Waals surface area (Å²) in [7, 11) is 0. The molecule has 0 saturated heterocycles. The quantitative estimate of drug-likeness (QED) is 0.568. The van der Waals surface area contributed by atoms with Crippen molar-refractivity contribution in [2.24, 2.45) is 5.73 Å². The number of anilines is 1. The van der Waals surface area contributed by atoms with E-state index in [2.05, 4.69) is 4.98 Å². The van der Waals surface area contributed by atoms with Crippen LogP contribution in [0.4, 0.5) is 5.69 Å². The van der Waals surface area contributed by atoms with Crippen molar-refractivity contribution in [1.29, 1.82) is 0 Å². The fourth-order valence-electron chi connectivity index (χ4n) is 0.946. The number of aliphatic hydroxyl groups excluding tert-OH is 1. The van der Waals surface area contributed by atoms with E-state index in [0.717, 1.165) is 5.56 Å². The van der Waals surface area contributed by atoms with E-state index in [4.69, 9.17) is 11.5 Å². The van der Waals surface area contributed by atoms with Crippen LogP contribution in [-0.2, 0) is 6.42 Å². The molecule has 0 aromatic carbocycles. The molecule has 66 valence electrons. The Morgan fingerprint density at radius 3 is 2.92 bits per heavy atom. The fraction of sp³-hybridized carbons (Fsp3) is 0.375. The van der Waals surface area contributed by atoms with Gasteiger partial charge in [0.2, 0.25) is 0 Å². The van der Waals surface area contributed by atoms with Gasteiger partial charge in [-0.15, -0.1) is 0 Å². The lowest BCUT2D eigenvalue weighted by molar-refractivity contribution is 0.183. The minimum Gasteiger partial charge on any atom is -0.398 e. The summed E-state index contributed by atoms with van der Waals surface area (Å²) >= 11 is 0. The summed E-state index contributed by atoms with van der Waals surface area (Å²) < 4.78 is 0. The Morgan fingerprint density at radius 1 is 1.58 bits per heavy atom. The number of hydrogen-bond donors (Lipinski definition) is 3. The van der Waals surface area contributed by atoms with E-state index in [-0.39, 0.29) is 6.54 Å². The van der Waals surface area contributed by atoms with E-state index in [1.54, 1.807) is 18.5 Å². The minimum absolute atomic E-state index is 0.244. The molecule has 12 heavy (non-hydrogen) atoms. The van der Waals surface area contributed by atoms with E-state index < -0.39 is 6.10 Å². The Hall–Kier alpha value is -1.13. The van der Waals surface area contributed by atoms with Gasteiger partial charge in [-0.3, -0.25) is 4.98 Å². The van der Waals surface area contributed by atoms with Crippen LogP contribution in [0.15, 0.2) is 18.5 Å². The summed E-state index contributed by atoms with van der Waals surface area (Å²) in [6.45, 7) is 0.244. The summed E-state index contributed by atoms with van der Waals surface area (Å²) in [6, 6.07) is 1.71. The summed E-state index contributed by atoms with van der Waals surface area (Å²) in [4.78, 5) is 3.90. The van der Waals surface area contributed by atoms with Crippen molar-refractivity contribution in [2.45, 2.75) is 12.5 Å². The first-order chi connectivity index (χ1) is 5.74. The molecule has 1 unspecified atom stereocenters. The zero-order valence-corrected chi connectivity index (χ0v) is 6.77. The standard InChI is InChI=1S/C8H13N3O/c9-4-7(12)3-6-5-11-2-1-8(6)10/h1-2,5,7,12H,3-4,9H2,(H2,10,11). The van der Waals surface area contributed by atoms with Crippen molar-refractivity contribution in [3.8, 4) is 0 Å². The average molecular weight is 167 g/mol. The monoisotopic (exact) mass is 167 g/mol. The maximum atomic E-state index is 9.23. The van der Waals surface area contributed by atoms with Gasteiger partial charge in [-0.25, -0.2) is 0 Å². The van der Waals surface area contributed by atoms with Crippen molar-refractivity contribution < 1.29 is 5.11 Å². The highest BCUT2D eigenvalue weighted by Crippen LogP contribution is 2.10. The minimum atomic E-state index is -0.531. The maximum Gasteiger partial charge on any atom is 0.0704 e. The lowest BCUT2D eigenvalue weighted by atomic mass is 10.1. The van der Waals surface area contributed by atoms with Crippen LogP contribution in [0.3, 0.4) is 0 Å². The van der Waals surface area contributed by atoms with Crippen LogP contribution in [0.1, 0.15) is 5.56 Å². The number of nitrogen functional groups attached to an aromatic ring is 1. The van der Waals surface area contributed by atoms with Gasteiger partial charge in [0.15, 0.2) is 0 Å². The van der Waals surface area contributed by atoms with Crippen molar-refractivity contribution in [3.63, 3.8) is 0 Å². The van der Waals surface area contributed by atoms with E-state index >= 15 is 0 Å². The van der Waals surface area contributed by atoms with E-state index in [1.807, 2.05) is 0 Å². The fourth-order valence-corrected chi connectivity index (χ4v) is 0.946. The largest absolute Gasteiger partial charge is 0.398 e. The molecule has 1 aromatic heterocycles. The number of rotatable bonds is 3. The first kappa shape index (κ1) is 8.96. The second-order valence-electron chi connectivity index (χ2n) is 2.67. The predicted octanol–water partition coefficient (Wildman–Crippen LogP) is -0.474. The van der Waals surface area contributed by atoms with Gasteiger partial charge in [0.1, 0.15) is 0 Å². The van der Waals surface area contributed by atoms with Crippen LogP contribution in [0.2, 0.25) is 0 Å². The Balaban J connectivity index is 2.69. The van der Waals surface area contributed by atoms with Crippen LogP contribution < -0.4 is 11.5 Å². The van der Waals surface area contributed by atoms with Crippen LogP contribution in [0.5, 0.6) is 0 Å². The zero-order valence-electron chi connectivity index (χ0n) is 6.77. The van der Waals surface area contributed by atoms with E-state index in [0.29, 0.717) is 12.1 Å². The molecular weight excluding hydrogens is 154 g/mol. The van der Waals surface area contributed by atoms with Crippen molar-refractivity contribution in [3.05, 3.63) is 24.0 Å². The maximum absolute atomic E-state index is 9.23. The molecule has 1 atom stereocenters. The van der Waals surface area contributed by atoms with Crippen molar-refractivity contribution in [2.75, 3.05) is 12.3 Å². The molecular formula is C8H13N3O. The number of nitrogens with two attached hydrogens (primary N) is 2. The first-order valence-electron chi connectivity index (χ1n) is 3.80. The number of nitrogens with zero attached hydrogens (tertiary/aromatic N) is 1. The molecule has 0 aliphatic carbocycles. The van der Waals surface area contributed by atoms with Gasteiger partial charge in [0, 0.05) is 31.0 Å². The van der Waals surface area contributed by atoms with Crippen LogP contribution >= 0.6 is 0 Å². The van der Waals surface area contributed by atoms with Crippen molar-refractivity contribution >= 4 is 5.69 Å². The van der Waals surface area contributed by atoms with Crippen LogP contribution in [-0.4, -0.2) is 22.7 Å². The number of pyridine rings is 1. The molecule has 0 fully saturated rings. The normalized spacial score (nSPS) is 12.8. The second-order valence-corrected chi connectivity index (χ2v) is 2.67. The summed E-state index contributed by atoms with van der Waals surface area (Å²) in [5.41, 5.74) is 12.4. The molecule has 1 aromatic rings. The predicted molar refractivity (Wildman–Crippen MR) is 47.4 cm³/mol. The summed E-state index contributed by atoms with van der Waals surface area (Å²) in [5.74, 6) is 0. The first-order valence-corrected chi connectivity index (χ1v) is 3.80. The molecule has 0 aliphatic rings. The van der Waals surface area contributed by atoms with E-state index in [9.17, 15) is 5.11 Å². The van der Waals surface area contributed by atoms with Gasteiger partial charge in [-0.1, -0.05) is 0 Å². The van der Waals surface area contributed by atoms with Gasteiger partial charge in [0.25, 0.3) is 0 Å². The molecule has 0 aliphatic heterocycles. The Labute approximate surface area is 71.2 Å². The third kappa shape index (κ3) is 2.18. The highest BCUT2D eigenvalue weighted by atomic mass is 16.3. The lowest BCUT2D eigenvalue weighted by Crippen LogP contribution is -2.22. The molecule has 0 radical (unpaired) electrons. The molecule has 0 bridgehead atoms. The molecule has 4 heteroatoms. The molecule has 0 spiro atoms. The molecule has 5 N–H and O–H groups in total. The smallest absolute Gasteiger partial charge is 0.0704 e. The SMILES string of the molecule is NCC(O)Cc1cnccc1N. The number of aliphatic hydroxyl groups is 1. The highest BCUT2D eigenvalue weighted by Gasteiger charge is 2.05. The second kappa shape index (κ2) is 4.04. The Morgan fingerprint density at radius 2 is 2.33 bits per heavy atom. The summed E-state index contributed by atoms with van der Waals surface area (Å²) in [6.07, 6.45) is 3.20. The summed E-state index contributed by atoms with van der Waals surface area (Å²) in [5, 5.41) is 9.23. The average Bonchev–Trinajstić information content (AvgIpc) is 2.09. The molecule has 1 heterocycles. The number of aromatic nitrogens is 1. The third-order valence-corrected chi connectivity index (χ3v) is 1.67.